The number of nitrogens with zero attached hydrogens (tertiary/aromatic N) is 3. The minimum atomic E-state index is -0.511. The van der Waals surface area contributed by atoms with Gasteiger partial charge in [0.25, 0.3) is 0 Å². The number of aromatic nitrogens is 2. The van der Waals surface area contributed by atoms with Crippen molar-refractivity contribution >= 4 is 17.2 Å². The summed E-state index contributed by atoms with van der Waals surface area (Å²) in [6.07, 6.45) is 0. The van der Waals surface area contributed by atoms with E-state index in [2.05, 4.69) is 14.9 Å². The molecule has 0 aliphatic carbocycles. The molecule has 16 heavy (non-hydrogen) atoms. The van der Waals surface area contributed by atoms with Crippen LogP contribution in [0.2, 0.25) is 0 Å². The molecule has 1 N–H and O–H groups in total. The molecular formula is C10H7FN4S. The molecule has 1 aromatic carbocycles. The monoisotopic (exact) mass is 234 g/mol. The number of halogens is 1. The van der Waals surface area contributed by atoms with Crippen molar-refractivity contribution in [2.45, 2.75) is 6.54 Å². The van der Waals surface area contributed by atoms with Gasteiger partial charge in [-0.3, -0.25) is 0 Å². The van der Waals surface area contributed by atoms with Crippen molar-refractivity contribution in [2.24, 2.45) is 0 Å². The topological polar surface area (TPSA) is 61.6 Å². The second-order valence-electron chi connectivity index (χ2n) is 3.06. The lowest BCUT2D eigenvalue weighted by molar-refractivity contribution is 0.624. The van der Waals surface area contributed by atoms with Crippen LogP contribution in [-0.4, -0.2) is 9.59 Å². The van der Waals surface area contributed by atoms with Gasteiger partial charge < -0.3 is 5.32 Å². The quantitative estimate of drug-likeness (QED) is 0.884. The molecule has 0 spiro atoms. The van der Waals surface area contributed by atoms with Gasteiger partial charge in [-0.1, -0.05) is 4.49 Å². The van der Waals surface area contributed by atoms with Crippen molar-refractivity contribution in [3.63, 3.8) is 0 Å². The van der Waals surface area contributed by atoms with Gasteiger partial charge in [-0.25, -0.2) is 4.39 Å². The van der Waals surface area contributed by atoms with Crippen LogP contribution in [0, 0.1) is 17.1 Å². The summed E-state index contributed by atoms with van der Waals surface area (Å²) in [7, 11) is 0. The number of rotatable bonds is 3. The van der Waals surface area contributed by atoms with E-state index in [1.54, 1.807) is 12.1 Å². The third kappa shape index (κ3) is 2.32. The van der Waals surface area contributed by atoms with Crippen LogP contribution in [0.5, 0.6) is 0 Å². The molecule has 0 aliphatic rings. The highest BCUT2D eigenvalue weighted by molar-refractivity contribution is 7.03. The van der Waals surface area contributed by atoms with E-state index in [0.29, 0.717) is 12.2 Å². The molecule has 2 rings (SSSR count). The van der Waals surface area contributed by atoms with Crippen molar-refractivity contribution in [3.05, 3.63) is 40.7 Å². The van der Waals surface area contributed by atoms with Crippen molar-refractivity contribution in [1.82, 2.24) is 9.59 Å². The Bertz CT molecular complexity index is 518. The summed E-state index contributed by atoms with van der Waals surface area (Å²) < 4.78 is 16.7. The average molecular weight is 234 g/mol. The summed E-state index contributed by atoms with van der Waals surface area (Å²) in [5, 5.41) is 17.4. The van der Waals surface area contributed by atoms with Gasteiger partial charge in [0.05, 0.1) is 17.8 Å². The number of hydrogen-bond acceptors (Lipinski definition) is 5. The summed E-state index contributed by atoms with van der Waals surface area (Å²) in [5.74, 6) is -0.511. The first-order chi connectivity index (χ1) is 7.79. The van der Waals surface area contributed by atoms with E-state index in [1.165, 1.54) is 23.7 Å². The molecule has 0 bridgehead atoms. The molecule has 80 valence electrons. The van der Waals surface area contributed by atoms with Crippen LogP contribution in [0.1, 0.15) is 11.3 Å². The lowest BCUT2D eigenvalue weighted by Crippen LogP contribution is -2.00. The molecule has 0 amide bonds. The van der Waals surface area contributed by atoms with Crippen LogP contribution >= 0.6 is 11.5 Å². The molecule has 1 heterocycles. The number of nitriles is 1. The molecule has 4 nitrogen and oxygen atoms in total. The fraction of sp³-hybridized carbons (Fsp3) is 0.100. The van der Waals surface area contributed by atoms with E-state index in [-0.39, 0.29) is 5.56 Å². The maximum absolute atomic E-state index is 13.0. The van der Waals surface area contributed by atoms with Crippen LogP contribution in [0.3, 0.4) is 0 Å². The highest BCUT2D eigenvalue weighted by Gasteiger charge is 2.03. The minimum absolute atomic E-state index is 0.0291. The molecular weight excluding hydrogens is 227 g/mol. The second kappa shape index (κ2) is 4.68. The van der Waals surface area contributed by atoms with Gasteiger partial charge >= 0.3 is 0 Å². The highest BCUT2D eigenvalue weighted by Crippen LogP contribution is 2.14. The number of anilines is 1. The summed E-state index contributed by atoms with van der Waals surface area (Å²) in [4.78, 5) is 0. The first kappa shape index (κ1) is 10.5. The van der Waals surface area contributed by atoms with Crippen LogP contribution in [0.25, 0.3) is 0 Å². The standard InChI is InChI=1S/C10H7FN4S/c11-10-2-1-8(3-7(10)4-12)13-5-9-6-16-15-14-9/h1-3,6,13H,5H2. The van der Waals surface area contributed by atoms with Gasteiger partial charge in [-0.15, -0.1) is 5.10 Å². The summed E-state index contributed by atoms with van der Waals surface area (Å²) in [6, 6.07) is 6.10. The van der Waals surface area contributed by atoms with Crippen LogP contribution in [0.4, 0.5) is 10.1 Å². The average Bonchev–Trinajstić information content (AvgIpc) is 2.81. The fourth-order valence-electron chi connectivity index (χ4n) is 1.17. The Labute approximate surface area is 95.5 Å². The van der Waals surface area contributed by atoms with Crippen LogP contribution in [0.15, 0.2) is 23.6 Å². The van der Waals surface area contributed by atoms with E-state index >= 15 is 0 Å². The number of benzene rings is 1. The Morgan fingerprint density at radius 2 is 2.38 bits per heavy atom. The smallest absolute Gasteiger partial charge is 0.141 e. The zero-order valence-electron chi connectivity index (χ0n) is 8.14. The lowest BCUT2D eigenvalue weighted by Gasteiger charge is -2.04. The first-order valence-electron chi connectivity index (χ1n) is 4.49. The minimum Gasteiger partial charge on any atom is -0.379 e. The maximum atomic E-state index is 13.0. The molecule has 0 atom stereocenters. The van der Waals surface area contributed by atoms with Gasteiger partial charge in [-0.2, -0.15) is 5.26 Å². The number of nitrogens with one attached hydrogen (secondary N) is 1. The molecule has 0 saturated carbocycles. The van der Waals surface area contributed by atoms with Crippen molar-refractivity contribution in [3.8, 4) is 6.07 Å². The summed E-state index contributed by atoms with van der Waals surface area (Å²) in [6.45, 7) is 0.507. The molecule has 2 aromatic rings. The van der Waals surface area contributed by atoms with Crippen molar-refractivity contribution in [2.75, 3.05) is 5.32 Å². The maximum Gasteiger partial charge on any atom is 0.141 e. The predicted molar refractivity (Wildman–Crippen MR) is 58.4 cm³/mol. The SMILES string of the molecule is N#Cc1cc(NCc2csnn2)ccc1F. The van der Waals surface area contributed by atoms with Crippen molar-refractivity contribution < 1.29 is 4.39 Å². The summed E-state index contributed by atoms with van der Waals surface area (Å²) in [5.41, 5.74) is 1.53. The van der Waals surface area contributed by atoms with Gasteiger partial charge in [0.1, 0.15) is 11.9 Å². The molecule has 0 saturated heterocycles. The molecule has 0 radical (unpaired) electrons. The third-order valence-corrected chi connectivity index (χ3v) is 2.52. The zero-order chi connectivity index (χ0) is 11.4. The van der Waals surface area contributed by atoms with Gasteiger partial charge in [-0.05, 0) is 29.7 Å². The Morgan fingerprint density at radius 3 is 3.06 bits per heavy atom. The zero-order valence-corrected chi connectivity index (χ0v) is 8.96. The Kier molecular flexibility index (Phi) is 3.08. The molecule has 0 aliphatic heterocycles. The highest BCUT2D eigenvalue weighted by atomic mass is 32.1. The Morgan fingerprint density at radius 1 is 1.50 bits per heavy atom. The largest absolute Gasteiger partial charge is 0.379 e. The Hall–Kier alpha value is -2.00. The van der Waals surface area contributed by atoms with E-state index < -0.39 is 5.82 Å². The van der Waals surface area contributed by atoms with E-state index in [4.69, 9.17) is 5.26 Å². The van der Waals surface area contributed by atoms with Crippen LogP contribution in [-0.2, 0) is 6.54 Å². The predicted octanol–water partition coefficient (Wildman–Crippen LogP) is 2.16. The van der Waals surface area contributed by atoms with E-state index in [0.717, 1.165) is 5.69 Å². The van der Waals surface area contributed by atoms with Crippen molar-refractivity contribution in [1.29, 1.82) is 5.26 Å². The Balaban J connectivity index is 2.08. The summed E-state index contributed by atoms with van der Waals surface area (Å²) >= 11 is 1.27. The third-order valence-electron chi connectivity index (χ3n) is 1.97. The first-order valence-corrected chi connectivity index (χ1v) is 5.32. The fourth-order valence-corrected chi connectivity index (χ4v) is 1.63. The molecule has 1 aromatic heterocycles. The molecule has 0 unspecified atom stereocenters. The molecule has 6 heteroatoms. The van der Waals surface area contributed by atoms with Gasteiger partial charge in [0, 0.05) is 11.1 Å². The van der Waals surface area contributed by atoms with Gasteiger partial charge in [0.15, 0.2) is 0 Å². The second-order valence-corrected chi connectivity index (χ2v) is 3.67. The van der Waals surface area contributed by atoms with E-state index in [9.17, 15) is 4.39 Å². The molecule has 0 fully saturated rings. The lowest BCUT2D eigenvalue weighted by atomic mass is 10.2. The van der Waals surface area contributed by atoms with E-state index in [1.807, 2.05) is 5.38 Å². The number of hydrogen-bond donors (Lipinski definition) is 1. The van der Waals surface area contributed by atoms with Crippen LogP contribution < -0.4 is 5.32 Å². The van der Waals surface area contributed by atoms with Gasteiger partial charge in [0.2, 0.25) is 0 Å². The normalized spacial score (nSPS) is 9.75.